The SMILES string of the molecule is C=CCOc1ccc(NC(=O)CNc2cccc(C(=O)N3CCOCC3)c2)cc1. The molecular weight excluding hydrogens is 370 g/mol. The van der Waals surface area contributed by atoms with Crippen LogP contribution in [0.2, 0.25) is 0 Å². The third kappa shape index (κ3) is 6.08. The summed E-state index contributed by atoms with van der Waals surface area (Å²) in [5.41, 5.74) is 1.99. The summed E-state index contributed by atoms with van der Waals surface area (Å²) in [7, 11) is 0. The number of morpholine rings is 1. The molecule has 0 unspecified atom stereocenters. The third-order valence-electron chi connectivity index (χ3n) is 4.37. The number of hydrogen-bond donors (Lipinski definition) is 2. The lowest BCUT2D eigenvalue weighted by molar-refractivity contribution is -0.114. The molecule has 0 aliphatic carbocycles. The van der Waals surface area contributed by atoms with Crippen LogP contribution in [-0.4, -0.2) is 56.2 Å². The van der Waals surface area contributed by atoms with E-state index in [1.807, 2.05) is 6.07 Å². The Labute approximate surface area is 170 Å². The Morgan fingerprint density at radius 2 is 1.86 bits per heavy atom. The number of hydrogen-bond acceptors (Lipinski definition) is 5. The first kappa shape index (κ1) is 20.4. The summed E-state index contributed by atoms with van der Waals surface area (Å²) in [6, 6.07) is 14.3. The number of nitrogens with one attached hydrogen (secondary N) is 2. The van der Waals surface area contributed by atoms with Crippen LogP contribution in [0.4, 0.5) is 11.4 Å². The number of amides is 2. The predicted molar refractivity (Wildman–Crippen MR) is 112 cm³/mol. The van der Waals surface area contributed by atoms with Gasteiger partial charge in [0.1, 0.15) is 12.4 Å². The van der Waals surface area contributed by atoms with Gasteiger partial charge in [0.2, 0.25) is 5.91 Å². The first-order valence-electron chi connectivity index (χ1n) is 9.50. The molecule has 3 rings (SSSR count). The van der Waals surface area contributed by atoms with Crippen molar-refractivity contribution >= 4 is 23.2 Å². The number of nitrogens with zero attached hydrogens (tertiary/aromatic N) is 1. The van der Waals surface area contributed by atoms with Crippen LogP contribution in [-0.2, 0) is 9.53 Å². The van der Waals surface area contributed by atoms with Gasteiger partial charge in [0.05, 0.1) is 19.8 Å². The Morgan fingerprint density at radius 3 is 2.59 bits per heavy atom. The lowest BCUT2D eigenvalue weighted by Gasteiger charge is -2.27. The second-order valence-electron chi connectivity index (χ2n) is 6.51. The topological polar surface area (TPSA) is 79.9 Å². The molecule has 2 amide bonds. The number of carbonyl (C=O) groups excluding carboxylic acids is 2. The lowest BCUT2D eigenvalue weighted by Crippen LogP contribution is -2.40. The Bertz CT molecular complexity index is 845. The Hall–Kier alpha value is -3.32. The van der Waals surface area contributed by atoms with Crippen molar-refractivity contribution in [1.29, 1.82) is 0 Å². The highest BCUT2D eigenvalue weighted by atomic mass is 16.5. The number of ether oxygens (including phenoxy) is 2. The molecule has 7 heteroatoms. The van der Waals surface area contributed by atoms with Crippen LogP contribution in [0.5, 0.6) is 5.75 Å². The van der Waals surface area contributed by atoms with Crippen LogP contribution < -0.4 is 15.4 Å². The number of benzene rings is 2. The molecule has 1 fully saturated rings. The molecule has 0 spiro atoms. The Morgan fingerprint density at radius 1 is 1.10 bits per heavy atom. The van der Waals surface area contributed by atoms with Crippen molar-refractivity contribution in [2.24, 2.45) is 0 Å². The van der Waals surface area contributed by atoms with Crippen LogP contribution in [0.1, 0.15) is 10.4 Å². The van der Waals surface area contributed by atoms with Crippen LogP contribution in [0.3, 0.4) is 0 Å². The second-order valence-corrected chi connectivity index (χ2v) is 6.51. The summed E-state index contributed by atoms with van der Waals surface area (Å²) in [6.45, 7) is 6.43. The van der Waals surface area contributed by atoms with Crippen LogP contribution in [0, 0.1) is 0 Å². The van der Waals surface area contributed by atoms with Gasteiger partial charge in [0, 0.05) is 30.0 Å². The molecule has 1 saturated heterocycles. The molecule has 2 N–H and O–H groups in total. The monoisotopic (exact) mass is 395 g/mol. The quantitative estimate of drug-likeness (QED) is 0.672. The molecule has 0 saturated carbocycles. The largest absolute Gasteiger partial charge is 0.490 e. The molecule has 0 atom stereocenters. The maximum absolute atomic E-state index is 12.6. The van der Waals surface area contributed by atoms with Gasteiger partial charge in [0.15, 0.2) is 0 Å². The molecule has 0 aromatic heterocycles. The van der Waals surface area contributed by atoms with Crippen molar-refractivity contribution in [3.8, 4) is 5.75 Å². The summed E-state index contributed by atoms with van der Waals surface area (Å²) in [5, 5.41) is 5.88. The van der Waals surface area contributed by atoms with Gasteiger partial charge in [-0.05, 0) is 42.5 Å². The average Bonchev–Trinajstić information content (AvgIpc) is 2.77. The van der Waals surface area contributed by atoms with E-state index in [1.165, 1.54) is 0 Å². The van der Waals surface area contributed by atoms with E-state index in [9.17, 15) is 9.59 Å². The van der Waals surface area contributed by atoms with Gasteiger partial charge in [-0.15, -0.1) is 0 Å². The predicted octanol–water partition coefficient (Wildman–Crippen LogP) is 2.77. The van der Waals surface area contributed by atoms with Gasteiger partial charge in [-0.1, -0.05) is 18.7 Å². The lowest BCUT2D eigenvalue weighted by atomic mass is 10.1. The highest BCUT2D eigenvalue weighted by Crippen LogP contribution is 2.16. The van der Waals surface area contributed by atoms with E-state index in [2.05, 4.69) is 17.2 Å². The second kappa shape index (κ2) is 10.3. The van der Waals surface area contributed by atoms with Crippen molar-refractivity contribution in [2.75, 3.05) is 50.1 Å². The fourth-order valence-electron chi connectivity index (χ4n) is 2.89. The number of carbonyl (C=O) groups is 2. The molecule has 29 heavy (non-hydrogen) atoms. The minimum atomic E-state index is -0.185. The summed E-state index contributed by atoms with van der Waals surface area (Å²) in [4.78, 5) is 26.5. The van der Waals surface area contributed by atoms with Gasteiger partial charge >= 0.3 is 0 Å². The van der Waals surface area contributed by atoms with Gasteiger partial charge in [-0.25, -0.2) is 0 Å². The minimum Gasteiger partial charge on any atom is -0.490 e. The van der Waals surface area contributed by atoms with E-state index >= 15 is 0 Å². The highest BCUT2D eigenvalue weighted by Gasteiger charge is 2.18. The molecule has 2 aromatic carbocycles. The smallest absolute Gasteiger partial charge is 0.254 e. The van der Waals surface area contributed by atoms with Crippen LogP contribution in [0.25, 0.3) is 0 Å². The maximum atomic E-state index is 12.6. The van der Waals surface area contributed by atoms with Crippen LogP contribution >= 0.6 is 0 Å². The van der Waals surface area contributed by atoms with E-state index in [-0.39, 0.29) is 18.4 Å². The zero-order valence-corrected chi connectivity index (χ0v) is 16.2. The summed E-state index contributed by atoms with van der Waals surface area (Å²) < 4.78 is 10.7. The zero-order valence-electron chi connectivity index (χ0n) is 16.2. The fourth-order valence-corrected chi connectivity index (χ4v) is 2.89. The zero-order chi connectivity index (χ0) is 20.5. The Balaban J connectivity index is 1.51. The molecule has 152 valence electrons. The fraction of sp³-hybridized carbons (Fsp3) is 0.273. The highest BCUT2D eigenvalue weighted by molar-refractivity contribution is 5.96. The van der Waals surface area contributed by atoms with E-state index in [1.54, 1.807) is 53.4 Å². The molecule has 0 radical (unpaired) electrons. The van der Waals surface area contributed by atoms with Crippen molar-refractivity contribution in [3.63, 3.8) is 0 Å². The number of anilines is 2. The average molecular weight is 395 g/mol. The van der Waals surface area contributed by atoms with Gasteiger partial charge in [-0.2, -0.15) is 0 Å². The summed E-state index contributed by atoms with van der Waals surface area (Å²) >= 11 is 0. The molecule has 1 aliphatic rings. The summed E-state index contributed by atoms with van der Waals surface area (Å²) in [5.74, 6) is 0.498. The molecule has 1 heterocycles. The van der Waals surface area contributed by atoms with Gasteiger partial charge in [-0.3, -0.25) is 9.59 Å². The van der Waals surface area contributed by atoms with Gasteiger partial charge in [0.25, 0.3) is 5.91 Å². The maximum Gasteiger partial charge on any atom is 0.254 e. The van der Waals surface area contributed by atoms with Crippen molar-refractivity contribution < 1.29 is 19.1 Å². The Kier molecular flexibility index (Phi) is 7.24. The van der Waals surface area contributed by atoms with Crippen molar-refractivity contribution in [1.82, 2.24) is 4.90 Å². The van der Waals surface area contributed by atoms with E-state index in [0.717, 1.165) is 0 Å². The molecular formula is C22H25N3O4. The van der Waals surface area contributed by atoms with Gasteiger partial charge < -0.3 is 25.0 Å². The van der Waals surface area contributed by atoms with Crippen molar-refractivity contribution in [3.05, 3.63) is 66.7 Å². The van der Waals surface area contributed by atoms with Crippen LogP contribution in [0.15, 0.2) is 61.2 Å². The standard InChI is InChI=1S/C22H25N3O4/c1-2-12-29-20-8-6-18(7-9-20)24-21(26)16-23-19-5-3-4-17(15-19)22(27)25-10-13-28-14-11-25/h2-9,15,23H,1,10-14,16H2,(H,24,26). The minimum absolute atomic E-state index is 0.0276. The first-order chi connectivity index (χ1) is 14.2. The normalized spacial score (nSPS) is 13.4. The van der Waals surface area contributed by atoms with Crippen molar-refractivity contribution in [2.45, 2.75) is 0 Å². The van der Waals surface area contributed by atoms with E-state index in [0.29, 0.717) is 55.6 Å². The number of rotatable bonds is 8. The third-order valence-corrected chi connectivity index (χ3v) is 4.37. The summed E-state index contributed by atoms with van der Waals surface area (Å²) in [6.07, 6.45) is 1.67. The van der Waals surface area contributed by atoms with E-state index < -0.39 is 0 Å². The molecule has 0 bridgehead atoms. The molecule has 1 aliphatic heterocycles. The molecule has 2 aromatic rings. The van der Waals surface area contributed by atoms with E-state index in [4.69, 9.17) is 9.47 Å². The first-order valence-corrected chi connectivity index (χ1v) is 9.50. The molecule has 7 nitrogen and oxygen atoms in total.